The van der Waals surface area contributed by atoms with E-state index in [2.05, 4.69) is 0 Å². The lowest BCUT2D eigenvalue weighted by molar-refractivity contribution is 0.289. The van der Waals surface area contributed by atoms with Crippen molar-refractivity contribution in [1.82, 2.24) is 0 Å². The van der Waals surface area contributed by atoms with E-state index in [0.717, 1.165) is 17.8 Å². The number of hydrogen-bond acceptors (Lipinski definition) is 1. The fourth-order valence-corrected chi connectivity index (χ4v) is 3.51. The van der Waals surface area contributed by atoms with Gasteiger partial charge >= 0.3 is 0 Å². The highest BCUT2D eigenvalue weighted by Gasteiger charge is 2.46. The Morgan fingerprint density at radius 2 is 2.00 bits per heavy atom. The Bertz CT molecular complexity index is 195. The average Bonchev–Trinajstić information content (AvgIpc) is 2.48. The normalized spacial score (nSPS) is 48.2. The minimum Gasteiger partial charge on any atom is -0.325 e. The van der Waals surface area contributed by atoms with E-state index >= 15 is 0 Å². The van der Waals surface area contributed by atoms with Crippen molar-refractivity contribution in [2.45, 2.75) is 50.5 Å². The Labute approximate surface area is 74.7 Å². The number of fused-ring (bicyclic) bond motifs is 2. The van der Waals surface area contributed by atoms with E-state index in [9.17, 15) is 0 Å². The van der Waals surface area contributed by atoms with Crippen LogP contribution in [-0.2, 0) is 0 Å². The zero-order valence-electron chi connectivity index (χ0n) is 7.76. The molecule has 3 fully saturated rings. The number of rotatable bonds is 2. The van der Waals surface area contributed by atoms with Crippen molar-refractivity contribution in [1.29, 1.82) is 0 Å². The summed E-state index contributed by atoms with van der Waals surface area (Å²) in [5, 5.41) is 0. The molecule has 3 unspecified atom stereocenters. The lowest BCUT2D eigenvalue weighted by Gasteiger charge is -2.24. The lowest BCUT2D eigenvalue weighted by atomic mass is 9.83. The molecule has 3 saturated carbocycles. The average molecular weight is 165 g/mol. The fourth-order valence-electron chi connectivity index (χ4n) is 3.51. The van der Waals surface area contributed by atoms with Crippen LogP contribution in [0.1, 0.15) is 44.9 Å². The van der Waals surface area contributed by atoms with Crippen LogP contribution in [0.3, 0.4) is 0 Å². The van der Waals surface area contributed by atoms with Crippen LogP contribution in [0.2, 0.25) is 0 Å². The van der Waals surface area contributed by atoms with E-state index in [1.807, 2.05) is 0 Å². The summed E-state index contributed by atoms with van der Waals surface area (Å²) in [5.74, 6) is 3.20. The summed E-state index contributed by atoms with van der Waals surface area (Å²) in [6, 6.07) is 0. The quantitative estimate of drug-likeness (QED) is 0.667. The molecule has 3 rings (SSSR count). The van der Waals surface area contributed by atoms with Gasteiger partial charge in [-0.25, -0.2) is 0 Å². The highest BCUT2D eigenvalue weighted by molar-refractivity contribution is 5.03. The maximum absolute atomic E-state index is 6.16. The highest BCUT2D eigenvalue weighted by Crippen LogP contribution is 2.53. The smallest absolute Gasteiger partial charge is 0.0158 e. The molecule has 0 spiro atoms. The number of hydrogen-bond donors (Lipinski definition) is 1. The van der Waals surface area contributed by atoms with Gasteiger partial charge in [0.2, 0.25) is 0 Å². The molecule has 0 saturated heterocycles. The van der Waals surface area contributed by atoms with Crippen molar-refractivity contribution in [2.75, 3.05) is 0 Å². The molecule has 0 amide bonds. The molecule has 68 valence electrons. The van der Waals surface area contributed by atoms with Gasteiger partial charge in [0.15, 0.2) is 0 Å². The molecule has 3 aliphatic carbocycles. The monoisotopic (exact) mass is 165 g/mol. The van der Waals surface area contributed by atoms with Gasteiger partial charge in [-0.3, -0.25) is 0 Å². The predicted molar refractivity (Wildman–Crippen MR) is 49.7 cm³/mol. The largest absolute Gasteiger partial charge is 0.325 e. The summed E-state index contributed by atoms with van der Waals surface area (Å²) in [5.41, 5.74) is 6.47. The van der Waals surface area contributed by atoms with E-state index in [1.165, 1.54) is 38.5 Å². The topological polar surface area (TPSA) is 26.0 Å². The Kier molecular flexibility index (Phi) is 1.39. The van der Waals surface area contributed by atoms with Crippen molar-refractivity contribution in [3.63, 3.8) is 0 Å². The summed E-state index contributed by atoms with van der Waals surface area (Å²) in [6.45, 7) is 0. The Morgan fingerprint density at radius 3 is 2.50 bits per heavy atom. The summed E-state index contributed by atoms with van der Waals surface area (Å²) < 4.78 is 0. The Balaban J connectivity index is 1.64. The Hall–Kier alpha value is -0.0400. The van der Waals surface area contributed by atoms with E-state index in [4.69, 9.17) is 5.73 Å². The molecule has 3 aliphatic rings. The van der Waals surface area contributed by atoms with E-state index in [0.29, 0.717) is 5.54 Å². The van der Waals surface area contributed by atoms with E-state index in [1.54, 1.807) is 6.42 Å². The molecular weight excluding hydrogens is 146 g/mol. The lowest BCUT2D eigenvalue weighted by Crippen LogP contribution is -2.27. The van der Waals surface area contributed by atoms with Gasteiger partial charge in [0, 0.05) is 5.54 Å². The SMILES string of the molecule is NC1(CC2CC3CCC2C3)CC1. The Morgan fingerprint density at radius 1 is 1.17 bits per heavy atom. The van der Waals surface area contributed by atoms with Gasteiger partial charge in [0.25, 0.3) is 0 Å². The maximum Gasteiger partial charge on any atom is 0.0158 e. The first-order valence-corrected chi connectivity index (χ1v) is 5.54. The van der Waals surface area contributed by atoms with Gasteiger partial charge in [-0.15, -0.1) is 0 Å². The summed E-state index contributed by atoms with van der Waals surface area (Å²) in [7, 11) is 0. The summed E-state index contributed by atoms with van der Waals surface area (Å²) in [4.78, 5) is 0. The molecule has 0 aromatic carbocycles. The molecule has 1 nitrogen and oxygen atoms in total. The molecule has 0 aromatic rings. The van der Waals surface area contributed by atoms with E-state index < -0.39 is 0 Å². The van der Waals surface area contributed by atoms with Gasteiger partial charge in [0.05, 0.1) is 0 Å². The minimum absolute atomic E-state index is 0.315. The molecule has 0 heterocycles. The van der Waals surface area contributed by atoms with Crippen LogP contribution in [0.25, 0.3) is 0 Å². The molecule has 3 atom stereocenters. The van der Waals surface area contributed by atoms with Crippen molar-refractivity contribution in [3.05, 3.63) is 0 Å². The maximum atomic E-state index is 6.16. The zero-order chi connectivity index (χ0) is 8.18. The third-order valence-corrected chi connectivity index (χ3v) is 4.45. The molecule has 12 heavy (non-hydrogen) atoms. The van der Waals surface area contributed by atoms with Crippen molar-refractivity contribution < 1.29 is 0 Å². The second-order valence-electron chi connectivity index (χ2n) is 5.50. The molecular formula is C11H19N. The van der Waals surface area contributed by atoms with Gasteiger partial charge in [-0.05, 0) is 56.3 Å². The third kappa shape index (κ3) is 1.10. The van der Waals surface area contributed by atoms with E-state index in [-0.39, 0.29) is 0 Å². The molecule has 0 radical (unpaired) electrons. The first kappa shape index (κ1) is 7.37. The second kappa shape index (κ2) is 2.25. The standard InChI is InChI=1S/C11H19N/c12-11(3-4-11)7-10-6-8-1-2-9(10)5-8/h8-10H,1-7,12H2. The van der Waals surface area contributed by atoms with Gasteiger partial charge in [0.1, 0.15) is 0 Å². The molecule has 0 aromatic heterocycles. The van der Waals surface area contributed by atoms with Crippen LogP contribution in [-0.4, -0.2) is 5.54 Å². The molecule has 1 heteroatoms. The molecule has 0 aliphatic heterocycles. The summed E-state index contributed by atoms with van der Waals surface area (Å²) >= 11 is 0. The van der Waals surface area contributed by atoms with Crippen LogP contribution in [0.5, 0.6) is 0 Å². The van der Waals surface area contributed by atoms with Crippen molar-refractivity contribution in [2.24, 2.45) is 23.5 Å². The van der Waals surface area contributed by atoms with Crippen molar-refractivity contribution in [3.8, 4) is 0 Å². The van der Waals surface area contributed by atoms with Gasteiger partial charge in [-0.2, -0.15) is 0 Å². The van der Waals surface area contributed by atoms with Crippen LogP contribution >= 0.6 is 0 Å². The first-order valence-electron chi connectivity index (χ1n) is 5.54. The van der Waals surface area contributed by atoms with Gasteiger partial charge < -0.3 is 5.73 Å². The number of nitrogens with two attached hydrogens (primary N) is 1. The second-order valence-corrected chi connectivity index (χ2v) is 5.50. The van der Waals surface area contributed by atoms with Crippen LogP contribution in [0.4, 0.5) is 0 Å². The first-order chi connectivity index (χ1) is 5.75. The molecule has 2 bridgehead atoms. The summed E-state index contributed by atoms with van der Waals surface area (Å²) in [6.07, 6.45) is 10.1. The van der Waals surface area contributed by atoms with Crippen molar-refractivity contribution >= 4 is 0 Å². The predicted octanol–water partition coefficient (Wildman–Crippen LogP) is 2.30. The fraction of sp³-hybridized carbons (Fsp3) is 1.00. The van der Waals surface area contributed by atoms with Crippen LogP contribution in [0, 0.1) is 17.8 Å². The third-order valence-electron chi connectivity index (χ3n) is 4.45. The minimum atomic E-state index is 0.315. The van der Waals surface area contributed by atoms with Gasteiger partial charge in [-0.1, -0.05) is 6.42 Å². The van der Waals surface area contributed by atoms with Crippen LogP contribution < -0.4 is 5.73 Å². The molecule has 2 N–H and O–H groups in total. The zero-order valence-corrected chi connectivity index (χ0v) is 7.76. The highest BCUT2D eigenvalue weighted by atomic mass is 14.8. The van der Waals surface area contributed by atoms with Crippen LogP contribution in [0.15, 0.2) is 0 Å².